The van der Waals surface area contributed by atoms with Crippen molar-refractivity contribution < 1.29 is 9.90 Å². The lowest BCUT2D eigenvalue weighted by atomic mass is 10.2. The second kappa shape index (κ2) is 4.93. The van der Waals surface area contributed by atoms with Crippen LogP contribution in [-0.2, 0) is 0 Å². The van der Waals surface area contributed by atoms with E-state index in [2.05, 4.69) is 20.9 Å². The van der Waals surface area contributed by atoms with Gasteiger partial charge in [0.2, 0.25) is 0 Å². The largest absolute Gasteiger partial charge is 0.394 e. The number of carbonyl (C=O) groups is 1. The minimum Gasteiger partial charge on any atom is -0.394 e. The van der Waals surface area contributed by atoms with Gasteiger partial charge in [0.05, 0.1) is 12.6 Å². The summed E-state index contributed by atoms with van der Waals surface area (Å²) < 4.78 is 0.651. The summed E-state index contributed by atoms with van der Waals surface area (Å²) in [6.45, 7) is 0.766. The highest BCUT2D eigenvalue weighted by Gasteiger charge is 2.28. The predicted octanol–water partition coefficient (Wildman–Crippen LogP) is 1.44. The molecular weight excluding hydrogens is 272 g/mol. The van der Waals surface area contributed by atoms with Gasteiger partial charge in [0.15, 0.2) is 0 Å². The first-order valence-corrected chi connectivity index (χ1v) is 6.05. The van der Waals surface area contributed by atoms with Crippen molar-refractivity contribution >= 4 is 21.8 Å². The highest BCUT2D eigenvalue weighted by atomic mass is 79.9. The Labute approximate surface area is 102 Å². The van der Waals surface area contributed by atoms with Crippen LogP contribution in [0.25, 0.3) is 0 Å². The Morgan fingerprint density at radius 1 is 1.69 bits per heavy atom. The lowest BCUT2D eigenvalue weighted by molar-refractivity contribution is 0.0677. The number of halogens is 1. The molecule has 0 aromatic carbocycles. The summed E-state index contributed by atoms with van der Waals surface area (Å²) in [5.41, 5.74) is 0.613. The topological polar surface area (TPSA) is 53.4 Å². The SMILES string of the molecule is O=C(c1ccnc(Br)c1)N1CCCC1CO. The van der Waals surface area contributed by atoms with Crippen LogP contribution in [0.2, 0.25) is 0 Å². The standard InChI is InChI=1S/C11H13BrN2O2/c12-10-6-8(3-4-13-10)11(16)14-5-1-2-9(14)7-15/h3-4,6,9,15H,1-2,5,7H2. The fraction of sp³-hybridized carbons (Fsp3) is 0.455. The van der Waals surface area contributed by atoms with Gasteiger partial charge >= 0.3 is 0 Å². The summed E-state index contributed by atoms with van der Waals surface area (Å²) >= 11 is 3.24. The molecule has 1 aliphatic rings. The number of likely N-dealkylation sites (tertiary alicyclic amines) is 1. The number of aliphatic hydroxyl groups is 1. The molecule has 0 aliphatic carbocycles. The first-order chi connectivity index (χ1) is 7.72. The molecule has 1 aromatic rings. The number of aliphatic hydroxyl groups excluding tert-OH is 1. The molecule has 0 radical (unpaired) electrons. The maximum Gasteiger partial charge on any atom is 0.254 e. The van der Waals surface area contributed by atoms with Crippen LogP contribution < -0.4 is 0 Å². The molecule has 1 aromatic heterocycles. The van der Waals surface area contributed by atoms with Crippen molar-refractivity contribution in [1.29, 1.82) is 0 Å². The van der Waals surface area contributed by atoms with Crippen LogP contribution in [0.15, 0.2) is 22.9 Å². The van der Waals surface area contributed by atoms with Crippen molar-refractivity contribution in [2.24, 2.45) is 0 Å². The second-order valence-corrected chi connectivity index (χ2v) is 4.66. The molecular formula is C11H13BrN2O2. The molecule has 16 heavy (non-hydrogen) atoms. The van der Waals surface area contributed by atoms with E-state index in [0.29, 0.717) is 10.2 Å². The minimum atomic E-state index is -0.0283. The number of hydrogen-bond acceptors (Lipinski definition) is 3. The smallest absolute Gasteiger partial charge is 0.254 e. The lowest BCUT2D eigenvalue weighted by Crippen LogP contribution is -2.37. The highest BCUT2D eigenvalue weighted by Crippen LogP contribution is 2.20. The molecule has 1 N–H and O–H groups in total. The number of pyridine rings is 1. The molecule has 1 amide bonds. The number of aromatic nitrogens is 1. The average Bonchev–Trinajstić information content (AvgIpc) is 2.76. The van der Waals surface area contributed by atoms with E-state index in [1.807, 2.05) is 0 Å². The van der Waals surface area contributed by atoms with Crippen LogP contribution >= 0.6 is 15.9 Å². The van der Waals surface area contributed by atoms with Crippen LogP contribution in [-0.4, -0.2) is 40.1 Å². The lowest BCUT2D eigenvalue weighted by Gasteiger charge is -2.22. The van der Waals surface area contributed by atoms with E-state index in [1.165, 1.54) is 0 Å². The molecule has 1 unspecified atom stereocenters. The summed E-state index contributed by atoms with van der Waals surface area (Å²) in [7, 11) is 0. The van der Waals surface area contributed by atoms with E-state index in [0.717, 1.165) is 19.4 Å². The summed E-state index contributed by atoms with van der Waals surface area (Å²) in [5, 5.41) is 9.17. The highest BCUT2D eigenvalue weighted by molar-refractivity contribution is 9.10. The van der Waals surface area contributed by atoms with Crippen LogP contribution in [0.1, 0.15) is 23.2 Å². The third-order valence-electron chi connectivity index (χ3n) is 2.82. The number of amides is 1. The molecule has 1 aliphatic heterocycles. The van der Waals surface area contributed by atoms with Crippen molar-refractivity contribution in [3.05, 3.63) is 28.5 Å². The van der Waals surface area contributed by atoms with E-state index in [9.17, 15) is 9.90 Å². The van der Waals surface area contributed by atoms with E-state index in [1.54, 1.807) is 23.2 Å². The van der Waals surface area contributed by atoms with E-state index >= 15 is 0 Å². The monoisotopic (exact) mass is 284 g/mol. The summed E-state index contributed by atoms with van der Waals surface area (Å²) in [6, 6.07) is 3.37. The molecule has 0 saturated carbocycles. The normalized spacial score (nSPS) is 20.1. The van der Waals surface area contributed by atoms with Gasteiger partial charge in [-0.3, -0.25) is 4.79 Å². The second-order valence-electron chi connectivity index (χ2n) is 3.84. The first kappa shape index (κ1) is 11.5. The maximum atomic E-state index is 12.1. The molecule has 2 heterocycles. The Hall–Kier alpha value is -0.940. The molecule has 4 nitrogen and oxygen atoms in total. The maximum absolute atomic E-state index is 12.1. The number of hydrogen-bond donors (Lipinski definition) is 1. The zero-order valence-electron chi connectivity index (χ0n) is 8.77. The molecule has 2 rings (SSSR count). The molecule has 0 bridgehead atoms. The van der Waals surface area contributed by atoms with Gasteiger partial charge in [-0.15, -0.1) is 0 Å². The zero-order valence-corrected chi connectivity index (χ0v) is 10.4. The van der Waals surface area contributed by atoms with E-state index in [4.69, 9.17) is 0 Å². The Balaban J connectivity index is 2.18. The van der Waals surface area contributed by atoms with Crippen LogP contribution in [0.3, 0.4) is 0 Å². The van der Waals surface area contributed by atoms with Gasteiger partial charge in [0, 0.05) is 18.3 Å². The fourth-order valence-corrected chi connectivity index (χ4v) is 2.36. The fourth-order valence-electron chi connectivity index (χ4n) is 1.99. The molecule has 5 heteroatoms. The van der Waals surface area contributed by atoms with Gasteiger partial charge in [0.1, 0.15) is 4.60 Å². The summed E-state index contributed by atoms with van der Waals surface area (Å²) in [4.78, 5) is 17.9. The summed E-state index contributed by atoms with van der Waals surface area (Å²) in [6.07, 6.45) is 3.44. The van der Waals surface area contributed by atoms with Crippen LogP contribution in [0, 0.1) is 0 Å². The van der Waals surface area contributed by atoms with Gasteiger partial charge in [-0.05, 0) is 40.9 Å². The van der Waals surface area contributed by atoms with Crippen LogP contribution in [0.5, 0.6) is 0 Å². The Morgan fingerprint density at radius 3 is 3.19 bits per heavy atom. The summed E-state index contributed by atoms with van der Waals surface area (Å²) in [5.74, 6) is -0.0281. The van der Waals surface area contributed by atoms with Gasteiger partial charge < -0.3 is 10.0 Å². The van der Waals surface area contributed by atoms with E-state index < -0.39 is 0 Å². The molecule has 1 atom stereocenters. The Bertz CT molecular complexity index is 397. The van der Waals surface area contributed by atoms with Gasteiger partial charge in [-0.25, -0.2) is 4.98 Å². The van der Waals surface area contributed by atoms with E-state index in [-0.39, 0.29) is 18.6 Å². The van der Waals surface area contributed by atoms with Crippen molar-refractivity contribution in [3.8, 4) is 0 Å². The Morgan fingerprint density at radius 2 is 2.50 bits per heavy atom. The van der Waals surface area contributed by atoms with Crippen molar-refractivity contribution in [3.63, 3.8) is 0 Å². The predicted molar refractivity (Wildman–Crippen MR) is 63.1 cm³/mol. The Kier molecular flexibility index (Phi) is 3.56. The zero-order chi connectivity index (χ0) is 11.5. The van der Waals surface area contributed by atoms with Crippen molar-refractivity contribution in [2.75, 3.05) is 13.2 Å². The van der Waals surface area contributed by atoms with Crippen molar-refractivity contribution in [1.82, 2.24) is 9.88 Å². The molecule has 86 valence electrons. The van der Waals surface area contributed by atoms with Crippen molar-refractivity contribution in [2.45, 2.75) is 18.9 Å². The quantitative estimate of drug-likeness (QED) is 0.837. The number of nitrogens with zero attached hydrogens (tertiary/aromatic N) is 2. The minimum absolute atomic E-state index is 0.0281. The third-order valence-corrected chi connectivity index (χ3v) is 3.26. The molecule has 1 fully saturated rings. The number of rotatable bonds is 2. The third kappa shape index (κ3) is 2.25. The molecule has 0 spiro atoms. The van der Waals surface area contributed by atoms with Gasteiger partial charge in [-0.1, -0.05) is 0 Å². The van der Waals surface area contributed by atoms with Gasteiger partial charge in [-0.2, -0.15) is 0 Å². The molecule has 1 saturated heterocycles. The first-order valence-electron chi connectivity index (χ1n) is 5.26. The number of carbonyl (C=O) groups excluding carboxylic acids is 1. The average molecular weight is 285 g/mol. The van der Waals surface area contributed by atoms with Crippen LogP contribution in [0.4, 0.5) is 0 Å². The van der Waals surface area contributed by atoms with Gasteiger partial charge in [0.25, 0.3) is 5.91 Å².